The quantitative estimate of drug-likeness (QED) is 0.627. The molecule has 0 bridgehead atoms. The van der Waals surface area contributed by atoms with Crippen LogP contribution in [-0.2, 0) is 13.8 Å². The van der Waals surface area contributed by atoms with Gasteiger partial charge in [0.1, 0.15) is 4.90 Å². The van der Waals surface area contributed by atoms with Gasteiger partial charge >= 0.3 is 5.97 Å². The molecule has 0 spiro atoms. The molecule has 0 saturated heterocycles. The first-order valence-corrected chi connectivity index (χ1v) is 7.11. The van der Waals surface area contributed by atoms with Crippen molar-refractivity contribution in [3.8, 4) is 5.75 Å². The average molecular weight is 297 g/mol. The summed E-state index contributed by atoms with van der Waals surface area (Å²) in [6.07, 6.45) is 0. The van der Waals surface area contributed by atoms with Gasteiger partial charge in [0.05, 0.1) is 19.3 Å². The Morgan fingerprint density at radius 1 is 1.44 bits per heavy atom. The average Bonchev–Trinajstić information content (AvgIpc) is 2.27. The van der Waals surface area contributed by atoms with Crippen LogP contribution in [0.1, 0.15) is 17.3 Å². The molecule has 1 aromatic rings. The fourth-order valence-corrected chi connectivity index (χ4v) is 2.29. The van der Waals surface area contributed by atoms with E-state index in [4.69, 9.17) is 10.7 Å². The van der Waals surface area contributed by atoms with Crippen LogP contribution < -0.4 is 4.74 Å². The zero-order valence-corrected chi connectivity index (χ0v) is 11.1. The summed E-state index contributed by atoms with van der Waals surface area (Å²) in [4.78, 5) is 10.9. The molecule has 0 amide bonds. The van der Waals surface area contributed by atoms with Crippen molar-refractivity contribution in [3.05, 3.63) is 23.5 Å². The largest absolute Gasteiger partial charge is 0.494 e. The standard InChI is InChI=1S/C10H10ClFO5S/c1-3-17-10(13)6-4-8(16-2)7(12)5-9(6)18(11,14)15/h4-5H,3H2,1-2H3. The highest BCUT2D eigenvalue weighted by Gasteiger charge is 2.24. The van der Waals surface area contributed by atoms with Gasteiger partial charge in [0, 0.05) is 10.7 Å². The summed E-state index contributed by atoms with van der Waals surface area (Å²) in [5.41, 5.74) is -0.370. The van der Waals surface area contributed by atoms with Gasteiger partial charge in [0.15, 0.2) is 11.6 Å². The van der Waals surface area contributed by atoms with Gasteiger partial charge in [-0.15, -0.1) is 0 Å². The lowest BCUT2D eigenvalue weighted by Crippen LogP contribution is -2.10. The van der Waals surface area contributed by atoms with Crippen molar-refractivity contribution < 1.29 is 27.1 Å². The number of carbonyl (C=O) groups excluding carboxylic acids is 1. The number of rotatable bonds is 4. The molecule has 0 atom stereocenters. The zero-order valence-electron chi connectivity index (χ0n) is 9.57. The number of methoxy groups -OCH3 is 1. The van der Waals surface area contributed by atoms with Crippen molar-refractivity contribution in [1.82, 2.24) is 0 Å². The number of hydrogen-bond donors (Lipinski definition) is 0. The summed E-state index contributed by atoms with van der Waals surface area (Å²) in [6, 6.07) is 1.55. The van der Waals surface area contributed by atoms with E-state index >= 15 is 0 Å². The van der Waals surface area contributed by atoms with E-state index in [0.29, 0.717) is 6.07 Å². The third-order valence-electron chi connectivity index (χ3n) is 2.01. The van der Waals surface area contributed by atoms with Crippen LogP contribution in [-0.4, -0.2) is 28.1 Å². The summed E-state index contributed by atoms with van der Waals surface area (Å²) in [7, 11) is 2.05. The lowest BCUT2D eigenvalue weighted by Gasteiger charge is -2.09. The molecule has 0 aromatic heterocycles. The third-order valence-corrected chi connectivity index (χ3v) is 3.37. The number of carbonyl (C=O) groups is 1. The molecule has 0 N–H and O–H groups in total. The summed E-state index contributed by atoms with van der Waals surface area (Å²) in [5.74, 6) is -2.14. The maximum Gasteiger partial charge on any atom is 0.339 e. The SMILES string of the molecule is CCOC(=O)c1cc(OC)c(F)cc1S(=O)(=O)Cl. The Labute approximate surface area is 108 Å². The molecular weight excluding hydrogens is 287 g/mol. The van der Waals surface area contributed by atoms with E-state index in [-0.39, 0.29) is 17.9 Å². The fourth-order valence-electron chi connectivity index (χ4n) is 1.26. The smallest absolute Gasteiger partial charge is 0.339 e. The van der Waals surface area contributed by atoms with Crippen LogP contribution >= 0.6 is 10.7 Å². The van der Waals surface area contributed by atoms with E-state index in [2.05, 4.69) is 9.47 Å². The summed E-state index contributed by atoms with van der Waals surface area (Å²) >= 11 is 0. The zero-order chi connectivity index (χ0) is 13.9. The van der Waals surface area contributed by atoms with Crippen LogP contribution in [0, 0.1) is 5.82 Å². The van der Waals surface area contributed by atoms with Gasteiger partial charge in [-0.2, -0.15) is 0 Å². The molecule has 8 heteroatoms. The van der Waals surface area contributed by atoms with Crippen molar-refractivity contribution in [3.63, 3.8) is 0 Å². The lowest BCUT2D eigenvalue weighted by atomic mass is 10.2. The topological polar surface area (TPSA) is 69.7 Å². The molecule has 0 heterocycles. The Kier molecular flexibility index (Phi) is 4.53. The fraction of sp³-hybridized carbons (Fsp3) is 0.300. The second-order valence-corrected chi connectivity index (χ2v) is 5.68. The predicted octanol–water partition coefficient (Wildman–Crippen LogP) is 1.94. The number of halogens is 2. The lowest BCUT2D eigenvalue weighted by molar-refractivity contribution is 0.0521. The second-order valence-electron chi connectivity index (χ2n) is 3.14. The van der Waals surface area contributed by atoms with Gasteiger partial charge in [0.2, 0.25) is 0 Å². The normalized spacial score (nSPS) is 11.1. The van der Waals surface area contributed by atoms with Crippen molar-refractivity contribution in [1.29, 1.82) is 0 Å². The summed E-state index contributed by atoms with van der Waals surface area (Å²) in [6.45, 7) is 1.59. The minimum Gasteiger partial charge on any atom is -0.494 e. The predicted molar refractivity (Wildman–Crippen MR) is 61.9 cm³/mol. The Morgan fingerprint density at radius 3 is 2.50 bits per heavy atom. The summed E-state index contributed by atoms with van der Waals surface area (Å²) < 4.78 is 45.3. The van der Waals surface area contributed by atoms with Crippen molar-refractivity contribution in [2.45, 2.75) is 11.8 Å². The molecule has 0 fully saturated rings. The Balaban J connectivity index is 3.50. The van der Waals surface area contributed by atoms with Crippen LogP contribution in [0.25, 0.3) is 0 Å². The molecule has 100 valence electrons. The first-order valence-electron chi connectivity index (χ1n) is 4.80. The highest BCUT2D eigenvalue weighted by Crippen LogP contribution is 2.28. The second kappa shape index (κ2) is 5.53. The number of hydrogen-bond acceptors (Lipinski definition) is 5. The maximum absolute atomic E-state index is 13.4. The third kappa shape index (κ3) is 3.11. The van der Waals surface area contributed by atoms with Gasteiger partial charge in [-0.05, 0) is 19.1 Å². The minimum atomic E-state index is -4.27. The molecule has 0 aliphatic carbocycles. The minimum absolute atomic E-state index is 0.0420. The molecular formula is C10H10ClFO5S. The van der Waals surface area contributed by atoms with E-state index in [1.165, 1.54) is 7.11 Å². The maximum atomic E-state index is 13.4. The number of esters is 1. The Bertz CT molecular complexity index is 570. The van der Waals surface area contributed by atoms with E-state index in [0.717, 1.165) is 6.07 Å². The number of ether oxygens (including phenoxy) is 2. The van der Waals surface area contributed by atoms with Gasteiger partial charge in [0.25, 0.3) is 9.05 Å². The van der Waals surface area contributed by atoms with Crippen molar-refractivity contribution in [2.75, 3.05) is 13.7 Å². The van der Waals surface area contributed by atoms with Gasteiger partial charge in [-0.3, -0.25) is 0 Å². The molecule has 18 heavy (non-hydrogen) atoms. The van der Waals surface area contributed by atoms with Crippen molar-refractivity contribution >= 4 is 25.7 Å². The van der Waals surface area contributed by atoms with E-state index < -0.39 is 25.7 Å². The van der Waals surface area contributed by atoms with Crippen molar-refractivity contribution in [2.24, 2.45) is 0 Å². The molecule has 0 saturated carbocycles. The van der Waals surface area contributed by atoms with Gasteiger partial charge < -0.3 is 9.47 Å². The first kappa shape index (κ1) is 14.7. The first-order chi connectivity index (χ1) is 8.31. The highest BCUT2D eigenvalue weighted by molar-refractivity contribution is 8.13. The van der Waals surface area contributed by atoms with Crippen LogP contribution in [0.4, 0.5) is 4.39 Å². The molecule has 1 rings (SSSR count). The molecule has 0 radical (unpaired) electrons. The molecule has 1 aromatic carbocycles. The van der Waals surface area contributed by atoms with E-state index in [1.54, 1.807) is 6.92 Å². The molecule has 0 aliphatic heterocycles. The van der Waals surface area contributed by atoms with Crippen LogP contribution in [0.2, 0.25) is 0 Å². The Morgan fingerprint density at radius 2 is 2.06 bits per heavy atom. The monoisotopic (exact) mass is 296 g/mol. The Hall–Kier alpha value is -1.34. The van der Waals surface area contributed by atoms with Gasteiger partial charge in [-0.25, -0.2) is 17.6 Å². The van der Waals surface area contributed by atoms with Crippen LogP contribution in [0.15, 0.2) is 17.0 Å². The molecule has 5 nitrogen and oxygen atoms in total. The van der Waals surface area contributed by atoms with E-state index in [9.17, 15) is 17.6 Å². The summed E-state index contributed by atoms with van der Waals surface area (Å²) in [5, 5.41) is 0. The number of benzene rings is 1. The van der Waals surface area contributed by atoms with Gasteiger partial charge in [-0.1, -0.05) is 0 Å². The molecule has 0 aliphatic rings. The highest BCUT2D eigenvalue weighted by atomic mass is 35.7. The van der Waals surface area contributed by atoms with Crippen LogP contribution in [0.3, 0.4) is 0 Å². The van der Waals surface area contributed by atoms with E-state index in [1.807, 2.05) is 0 Å². The van der Waals surface area contributed by atoms with Crippen LogP contribution in [0.5, 0.6) is 5.75 Å². The molecule has 0 unspecified atom stereocenters.